The van der Waals surface area contributed by atoms with Crippen LogP contribution in [-0.4, -0.2) is 0 Å². The Morgan fingerprint density at radius 1 is 1.89 bits per heavy atom. The van der Waals surface area contributed by atoms with Crippen molar-refractivity contribution >= 4 is 0 Å². The van der Waals surface area contributed by atoms with E-state index in [2.05, 4.69) is 17.8 Å². The maximum Gasteiger partial charge on any atom is 0.0228 e. The van der Waals surface area contributed by atoms with Gasteiger partial charge in [-0.1, -0.05) is 19.4 Å². The Morgan fingerprint density at radius 3 is 2.89 bits per heavy atom. The zero-order valence-electron chi connectivity index (χ0n) is 5.65. The van der Waals surface area contributed by atoms with Crippen LogP contribution in [-0.2, 0) is 0 Å². The van der Waals surface area contributed by atoms with Crippen LogP contribution in [0.2, 0.25) is 0 Å². The Bertz CT molecular complexity index is 148. The summed E-state index contributed by atoms with van der Waals surface area (Å²) in [6.07, 6.45) is 9.26. The van der Waals surface area contributed by atoms with Gasteiger partial charge in [-0.25, -0.2) is 0 Å². The molecule has 0 aromatic heterocycles. The Hall–Kier alpha value is -1.16. The van der Waals surface area contributed by atoms with Gasteiger partial charge >= 0.3 is 0 Å². The van der Waals surface area contributed by atoms with Gasteiger partial charge in [0.15, 0.2) is 0 Å². The Balaban J connectivity index is 3.84. The van der Waals surface area contributed by atoms with Gasteiger partial charge in [0, 0.05) is 11.8 Å². The number of hydrogen-bond acceptors (Lipinski definition) is 1. The Morgan fingerprint density at radius 2 is 2.56 bits per heavy atom. The highest BCUT2D eigenvalue weighted by atomic mass is 14.8. The van der Waals surface area contributed by atoms with E-state index in [9.17, 15) is 0 Å². The van der Waals surface area contributed by atoms with Crippen molar-refractivity contribution in [3.63, 3.8) is 0 Å². The van der Waals surface area contributed by atoms with Gasteiger partial charge in [0.25, 0.3) is 0 Å². The molecule has 0 radical (unpaired) electrons. The molecule has 9 heavy (non-hydrogen) atoms. The van der Waals surface area contributed by atoms with Crippen LogP contribution in [0.5, 0.6) is 0 Å². The van der Waals surface area contributed by atoms with Gasteiger partial charge in [-0.05, 0) is 12.6 Å². The molecule has 0 aromatic carbocycles. The average molecular weight is 121 g/mol. The zero-order chi connectivity index (χ0) is 7.11. The van der Waals surface area contributed by atoms with Gasteiger partial charge in [0.1, 0.15) is 0 Å². The molecule has 1 N–H and O–H groups in total. The summed E-state index contributed by atoms with van der Waals surface area (Å²) < 4.78 is 0. The molecule has 1 nitrogen and oxygen atoms in total. The van der Waals surface area contributed by atoms with E-state index in [-0.39, 0.29) is 0 Å². The molecule has 0 amide bonds. The number of rotatable bonds is 3. The van der Waals surface area contributed by atoms with E-state index in [0.29, 0.717) is 0 Å². The molecule has 0 aromatic rings. The molecule has 1 heteroatoms. The van der Waals surface area contributed by atoms with Crippen LogP contribution in [0, 0.1) is 12.3 Å². The summed E-state index contributed by atoms with van der Waals surface area (Å²) in [7, 11) is 0. The van der Waals surface area contributed by atoms with Gasteiger partial charge in [-0.15, -0.1) is 6.42 Å². The average Bonchev–Trinajstić information content (AvgIpc) is 1.88. The minimum absolute atomic E-state index is 0.913. The zero-order valence-corrected chi connectivity index (χ0v) is 5.65. The maximum absolute atomic E-state index is 5.03. The Kier molecular flexibility index (Phi) is 4.34. The van der Waals surface area contributed by atoms with Gasteiger partial charge in [-0.2, -0.15) is 0 Å². The minimum Gasteiger partial charge on any atom is -0.365 e. The Labute approximate surface area is 56.5 Å². The van der Waals surface area contributed by atoms with Crippen molar-refractivity contribution in [2.75, 3.05) is 0 Å². The third kappa shape index (κ3) is 3.42. The van der Waals surface area contributed by atoms with E-state index in [1.807, 2.05) is 6.92 Å². The monoisotopic (exact) mass is 121 g/mol. The highest BCUT2D eigenvalue weighted by Gasteiger charge is 1.83. The van der Waals surface area contributed by atoms with Gasteiger partial charge in [0.2, 0.25) is 0 Å². The molecule has 0 heterocycles. The second-order valence-electron chi connectivity index (χ2n) is 1.54. The first-order chi connectivity index (χ1) is 4.35. The standard InChI is InChI=1S/C8H11N/c1-4-7-8(5-2)9-6-3/h1,6-7,9H,3,5H2,2H3/b8-7-. The third-order valence-electron chi connectivity index (χ3n) is 0.926. The fraction of sp³-hybridized carbons (Fsp3) is 0.250. The molecule has 0 fully saturated rings. The number of terminal acetylenes is 1. The maximum atomic E-state index is 5.03. The van der Waals surface area contributed by atoms with Gasteiger partial charge < -0.3 is 5.32 Å². The van der Waals surface area contributed by atoms with E-state index in [1.54, 1.807) is 12.3 Å². The van der Waals surface area contributed by atoms with Crippen molar-refractivity contribution in [1.29, 1.82) is 0 Å². The minimum atomic E-state index is 0.913. The first-order valence-electron chi connectivity index (χ1n) is 2.87. The molecule has 0 spiro atoms. The molecular weight excluding hydrogens is 110 g/mol. The predicted octanol–water partition coefficient (Wildman–Crippen LogP) is 1.65. The largest absolute Gasteiger partial charge is 0.365 e. The van der Waals surface area contributed by atoms with E-state index < -0.39 is 0 Å². The molecule has 0 aliphatic rings. The first-order valence-corrected chi connectivity index (χ1v) is 2.87. The van der Waals surface area contributed by atoms with Gasteiger partial charge in [-0.3, -0.25) is 0 Å². The number of allylic oxidation sites excluding steroid dienone is 2. The van der Waals surface area contributed by atoms with E-state index >= 15 is 0 Å². The predicted molar refractivity (Wildman–Crippen MR) is 40.5 cm³/mol. The topological polar surface area (TPSA) is 12.0 Å². The highest BCUT2D eigenvalue weighted by molar-refractivity contribution is 5.16. The van der Waals surface area contributed by atoms with Crippen molar-refractivity contribution in [3.8, 4) is 12.3 Å². The van der Waals surface area contributed by atoms with Crippen LogP contribution < -0.4 is 5.32 Å². The first kappa shape index (κ1) is 7.84. The summed E-state index contributed by atoms with van der Waals surface area (Å²) >= 11 is 0. The van der Waals surface area contributed by atoms with Crippen LogP contribution in [0.4, 0.5) is 0 Å². The molecule has 0 saturated heterocycles. The summed E-state index contributed by atoms with van der Waals surface area (Å²) in [5, 5.41) is 2.92. The lowest BCUT2D eigenvalue weighted by Crippen LogP contribution is -2.01. The van der Waals surface area contributed by atoms with Crippen LogP contribution in [0.1, 0.15) is 13.3 Å². The van der Waals surface area contributed by atoms with Crippen molar-refractivity contribution in [3.05, 3.63) is 24.6 Å². The molecule has 0 unspecified atom stereocenters. The number of hydrogen-bond donors (Lipinski definition) is 1. The summed E-state index contributed by atoms with van der Waals surface area (Å²) in [4.78, 5) is 0. The lowest BCUT2D eigenvalue weighted by atomic mass is 10.3. The molecule has 0 saturated carbocycles. The summed E-state index contributed by atoms with van der Waals surface area (Å²) in [5.74, 6) is 2.43. The lowest BCUT2D eigenvalue weighted by Gasteiger charge is -1.98. The second-order valence-corrected chi connectivity index (χ2v) is 1.54. The molecular formula is C8H11N. The van der Waals surface area contributed by atoms with Crippen LogP contribution >= 0.6 is 0 Å². The fourth-order valence-electron chi connectivity index (χ4n) is 0.477. The van der Waals surface area contributed by atoms with E-state index in [1.165, 1.54) is 0 Å². The summed E-state index contributed by atoms with van der Waals surface area (Å²) in [6, 6.07) is 0. The summed E-state index contributed by atoms with van der Waals surface area (Å²) in [5.41, 5.74) is 1.02. The molecule has 0 aliphatic heterocycles. The van der Waals surface area contributed by atoms with Gasteiger partial charge in [0.05, 0.1) is 0 Å². The molecule has 0 aliphatic carbocycles. The van der Waals surface area contributed by atoms with Crippen molar-refractivity contribution in [2.24, 2.45) is 0 Å². The van der Waals surface area contributed by atoms with Crippen molar-refractivity contribution in [2.45, 2.75) is 13.3 Å². The van der Waals surface area contributed by atoms with Crippen LogP contribution in [0.15, 0.2) is 24.6 Å². The van der Waals surface area contributed by atoms with E-state index in [4.69, 9.17) is 6.42 Å². The molecule has 48 valence electrons. The smallest absolute Gasteiger partial charge is 0.0228 e. The quantitative estimate of drug-likeness (QED) is 0.560. The SMILES string of the molecule is C#C/C=C(/CC)NC=C. The second kappa shape index (κ2) is 4.99. The van der Waals surface area contributed by atoms with Crippen molar-refractivity contribution < 1.29 is 0 Å². The third-order valence-corrected chi connectivity index (χ3v) is 0.926. The normalized spacial score (nSPS) is 10.0. The highest BCUT2D eigenvalue weighted by Crippen LogP contribution is 1.92. The summed E-state index contributed by atoms with van der Waals surface area (Å²) in [6.45, 7) is 5.54. The molecule has 0 rings (SSSR count). The number of nitrogens with one attached hydrogen (secondary N) is 1. The molecule has 0 bridgehead atoms. The molecule has 0 atom stereocenters. The van der Waals surface area contributed by atoms with Crippen LogP contribution in [0.25, 0.3) is 0 Å². The lowest BCUT2D eigenvalue weighted by molar-refractivity contribution is 0.948. The van der Waals surface area contributed by atoms with Crippen molar-refractivity contribution in [1.82, 2.24) is 5.32 Å². The fourth-order valence-corrected chi connectivity index (χ4v) is 0.477. The van der Waals surface area contributed by atoms with E-state index in [0.717, 1.165) is 12.1 Å². The van der Waals surface area contributed by atoms with Crippen LogP contribution in [0.3, 0.4) is 0 Å².